The van der Waals surface area contributed by atoms with Crippen molar-refractivity contribution in [2.24, 2.45) is 5.92 Å². The minimum absolute atomic E-state index is 0.220. The molecule has 0 atom stereocenters. The summed E-state index contributed by atoms with van der Waals surface area (Å²) in [7, 11) is 0. The van der Waals surface area contributed by atoms with Gasteiger partial charge in [0.05, 0.1) is 12.1 Å². The lowest BCUT2D eigenvalue weighted by molar-refractivity contribution is -0.132. The van der Waals surface area contributed by atoms with Crippen molar-refractivity contribution in [3.05, 3.63) is 29.4 Å². The second-order valence-corrected chi connectivity index (χ2v) is 6.20. The molecule has 0 bridgehead atoms. The molecule has 1 saturated heterocycles. The Bertz CT molecular complexity index is 644. The van der Waals surface area contributed by atoms with Crippen molar-refractivity contribution in [1.82, 2.24) is 14.7 Å². The van der Waals surface area contributed by atoms with Gasteiger partial charge in [-0.2, -0.15) is 5.10 Å². The number of carbonyl (C=O) groups excluding carboxylic acids is 1. The fourth-order valence-electron chi connectivity index (χ4n) is 2.87. The molecule has 1 aromatic carbocycles. The first-order valence-corrected chi connectivity index (χ1v) is 7.92. The smallest absolute Gasteiger partial charge is 0.224 e. The van der Waals surface area contributed by atoms with E-state index in [1.165, 1.54) is 0 Å². The lowest BCUT2D eigenvalue weighted by atomic mass is 9.99. The molecule has 1 fully saturated rings. The monoisotopic (exact) mass is 305 g/mol. The fraction of sp³-hybridized carbons (Fsp3) is 0.500. The zero-order valence-corrected chi connectivity index (χ0v) is 13.0. The van der Waals surface area contributed by atoms with E-state index in [0.717, 1.165) is 42.8 Å². The predicted octanol–water partition coefficient (Wildman–Crippen LogP) is 3.34. The first-order valence-electron chi connectivity index (χ1n) is 7.54. The van der Waals surface area contributed by atoms with Gasteiger partial charge in [0, 0.05) is 24.9 Å². The van der Waals surface area contributed by atoms with Gasteiger partial charge in [0.1, 0.15) is 0 Å². The molecular weight excluding hydrogens is 286 g/mol. The molecule has 0 unspecified atom stereocenters. The molecule has 0 spiro atoms. The topological polar surface area (TPSA) is 38.1 Å². The lowest BCUT2D eigenvalue weighted by Gasteiger charge is -2.30. The van der Waals surface area contributed by atoms with E-state index in [1.807, 2.05) is 33.8 Å². The standard InChI is InChI=1S/C16H20ClN3O/c1-12-6-9-19(10-7-12)15(21)8-11-20-14-5-3-2-4-13(14)16(17)18-20/h2-5,12H,6-11H2,1H3. The van der Waals surface area contributed by atoms with Crippen LogP contribution in [0.5, 0.6) is 0 Å². The summed E-state index contributed by atoms with van der Waals surface area (Å²) >= 11 is 6.13. The number of carbonyl (C=O) groups is 1. The first-order chi connectivity index (χ1) is 10.1. The van der Waals surface area contributed by atoms with Gasteiger partial charge in [0.25, 0.3) is 0 Å². The van der Waals surface area contributed by atoms with Crippen LogP contribution in [0.25, 0.3) is 10.9 Å². The number of piperidine rings is 1. The molecule has 0 saturated carbocycles. The maximum absolute atomic E-state index is 12.3. The molecule has 0 aliphatic carbocycles. The summed E-state index contributed by atoms with van der Waals surface area (Å²) in [5.41, 5.74) is 0.988. The summed E-state index contributed by atoms with van der Waals surface area (Å²) < 4.78 is 1.84. The van der Waals surface area contributed by atoms with Gasteiger partial charge in [0.2, 0.25) is 5.91 Å². The Morgan fingerprint density at radius 2 is 2.05 bits per heavy atom. The second-order valence-electron chi connectivity index (χ2n) is 5.84. The van der Waals surface area contributed by atoms with E-state index >= 15 is 0 Å². The molecule has 4 nitrogen and oxygen atoms in total. The summed E-state index contributed by atoms with van der Waals surface area (Å²) in [5, 5.41) is 5.78. The average Bonchev–Trinajstić information content (AvgIpc) is 2.83. The molecule has 3 rings (SSSR count). The van der Waals surface area contributed by atoms with Crippen LogP contribution in [0.15, 0.2) is 24.3 Å². The Morgan fingerprint density at radius 3 is 2.81 bits per heavy atom. The van der Waals surface area contributed by atoms with Crippen molar-refractivity contribution in [3.8, 4) is 0 Å². The molecule has 2 heterocycles. The SMILES string of the molecule is CC1CCN(C(=O)CCn2nc(Cl)c3ccccc32)CC1. The Morgan fingerprint density at radius 1 is 1.33 bits per heavy atom. The minimum atomic E-state index is 0.220. The normalized spacial score (nSPS) is 16.6. The van der Waals surface area contributed by atoms with Crippen molar-refractivity contribution < 1.29 is 4.79 Å². The number of likely N-dealkylation sites (tertiary alicyclic amines) is 1. The molecule has 21 heavy (non-hydrogen) atoms. The number of benzene rings is 1. The highest BCUT2D eigenvalue weighted by molar-refractivity contribution is 6.34. The highest BCUT2D eigenvalue weighted by atomic mass is 35.5. The van der Waals surface area contributed by atoms with Crippen molar-refractivity contribution in [2.45, 2.75) is 32.7 Å². The Hall–Kier alpha value is -1.55. The van der Waals surface area contributed by atoms with Crippen molar-refractivity contribution in [1.29, 1.82) is 0 Å². The number of rotatable bonds is 3. The van der Waals surface area contributed by atoms with Crippen LogP contribution in [-0.4, -0.2) is 33.7 Å². The second kappa shape index (κ2) is 6.06. The molecule has 2 aromatic rings. The molecule has 1 aromatic heterocycles. The minimum Gasteiger partial charge on any atom is -0.343 e. The average molecular weight is 306 g/mol. The third-order valence-corrected chi connectivity index (χ3v) is 4.57. The number of amides is 1. The Kier molecular flexibility index (Phi) is 4.15. The van der Waals surface area contributed by atoms with Gasteiger partial charge >= 0.3 is 0 Å². The highest BCUT2D eigenvalue weighted by Crippen LogP contribution is 2.23. The molecular formula is C16H20ClN3O. The maximum atomic E-state index is 12.3. The van der Waals surface area contributed by atoms with Crippen LogP contribution in [-0.2, 0) is 11.3 Å². The largest absolute Gasteiger partial charge is 0.343 e. The van der Waals surface area contributed by atoms with E-state index in [2.05, 4.69) is 12.0 Å². The molecule has 0 radical (unpaired) electrons. The van der Waals surface area contributed by atoms with Gasteiger partial charge in [-0.05, 0) is 30.9 Å². The third-order valence-electron chi connectivity index (χ3n) is 4.29. The Labute approximate surface area is 129 Å². The molecule has 112 valence electrons. The predicted molar refractivity (Wildman–Crippen MR) is 84.3 cm³/mol. The zero-order chi connectivity index (χ0) is 14.8. The summed E-state index contributed by atoms with van der Waals surface area (Å²) in [4.78, 5) is 14.3. The lowest BCUT2D eigenvalue weighted by Crippen LogP contribution is -2.38. The third kappa shape index (κ3) is 3.05. The van der Waals surface area contributed by atoms with Gasteiger partial charge in [-0.1, -0.05) is 30.7 Å². The molecule has 5 heteroatoms. The number of aromatic nitrogens is 2. The van der Waals surface area contributed by atoms with Crippen LogP contribution in [0.3, 0.4) is 0 Å². The van der Waals surface area contributed by atoms with Gasteiger partial charge in [-0.25, -0.2) is 0 Å². The first kappa shape index (κ1) is 14.4. The summed E-state index contributed by atoms with van der Waals surface area (Å²) in [6, 6.07) is 7.85. The van der Waals surface area contributed by atoms with E-state index in [9.17, 15) is 4.79 Å². The summed E-state index contributed by atoms with van der Waals surface area (Å²) in [6.45, 7) is 4.61. The van der Waals surface area contributed by atoms with Gasteiger partial charge < -0.3 is 4.90 Å². The fourth-order valence-corrected chi connectivity index (χ4v) is 3.13. The number of aryl methyl sites for hydroxylation is 1. The highest BCUT2D eigenvalue weighted by Gasteiger charge is 2.20. The number of nitrogens with zero attached hydrogens (tertiary/aromatic N) is 3. The molecule has 1 aliphatic heterocycles. The van der Waals surface area contributed by atoms with Crippen molar-refractivity contribution in [2.75, 3.05) is 13.1 Å². The van der Waals surface area contributed by atoms with Crippen LogP contribution in [0.2, 0.25) is 5.15 Å². The van der Waals surface area contributed by atoms with Crippen molar-refractivity contribution in [3.63, 3.8) is 0 Å². The van der Waals surface area contributed by atoms with Crippen LogP contribution >= 0.6 is 11.6 Å². The number of hydrogen-bond donors (Lipinski definition) is 0. The van der Waals surface area contributed by atoms with E-state index in [0.29, 0.717) is 18.1 Å². The number of hydrogen-bond acceptors (Lipinski definition) is 2. The summed E-state index contributed by atoms with van der Waals surface area (Å²) in [6.07, 6.45) is 2.71. The van der Waals surface area contributed by atoms with Gasteiger partial charge in [-0.3, -0.25) is 9.48 Å². The van der Waals surface area contributed by atoms with E-state index in [4.69, 9.17) is 11.6 Å². The number of fused-ring (bicyclic) bond motifs is 1. The maximum Gasteiger partial charge on any atom is 0.224 e. The Balaban J connectivity index is 1.65. The quantitative estimate of drug-likeness (QED) is 0.872. The van der Waals surface area contributed by atoms with Crippen LogP contribution in [0.4, 0.5) is 0 Å². The van der Waals surface area contributed by atoms with Gasteiger partial charge in [0.15, 0.2) is 5.15 Å². The van der Waals surface area contributed by atoms with Gasteiger partial charge in [-0.15, -0.1) is 0 Å². The molecule has 0 N–H and O–H groups in total. The van der Waals surface area contributed by atoms with Crippen LogP contribution in [0, 0.1) is 5.92 Å². The van der Waals surface area contributed by atoms with Crippen molar-refractivity contribution >= 4 is 28.4 Å². The summed E-state index contributed by atoms with van der Waals surface area (Å²) in [5.74, 6) is 0.959. The number of halogens is 1. The van der Waals surface area contributed by atoms with Crippen LogP contribution < -0.4 is 0 Å². The van der Waals surface area contributed by atoms with E-state index < -0.39 is 0 Å². The van der Waals surface area contributed by atoms with E-state index in [1.54, 1.807) is 0 Å². The van der Waals surface area contributed by atoms with Crippen LogP contribution in [0.1, 0.15) is 26.2 Å². The number of para-hydroxylation sites is 1. The molecule has 1 amide bonds. The molecule has 1 aliphatic rings. The van der Waals surface area contributed by atoms with E-state index in [-0.39, 0.29) is 5.91 Å². The zero-order valence-electron chi connectivity index (χ0n) is 12.3.